The standard InChI is InChI=1S/C16H15Cl2N3O2/c17-11-7-14(18)16(20-9-11)23-13-3-1-12(2-4-13)21-15(22)10-5-6-19-8-10/h1-4,7,9-10,19H,5-6,8H2,(H,21,22). The van der Waals surface area contributed by atoms with Crippen molar-refractivity contribution in [2.24, 2.45) is 5.92 Å². The van der Waals surface area contributed by atoms with E-state index >= 15 is 0 Å². The summed E-state index contributed by atoms with van der Waals surface area (Å²) in [6.07, 6.45) is 2.33. The molecule has 1 atom stereocenters. The molecular formula is C16H15Cl2N3O2. The lowest BCUT2D eigenvalue weighted by Gasteiger charge is -2.11. The number of rotatable bonds is 4. The number of hydrogen-bond donors (Lipinski definition) is 2. The molecule has 0 spiro atoms. The third-order valence-corrected chi connectivity index (χ3v) is 4.02. The lowest BCUT2D eigenvalue weighted by molar-refractivity contribution is -0.119. The molecule has 0 aliphatic carbocycles. The van der Waals surface area contributed by atoms with Gasteiger partial charge in [0.1, 0.15) is 10.8 Å². The van der Waals surface area contributed by atoms with E-state index in [-0.39, 0.29) is 17.7 Å². The van der Waals surface area contributed by atoms with Crippen LogP contribution < -0.4 is 15.4 Å². The molecule has 3 rings (SSSR count). The van der Waals surface area contributed by atoms with Gasteiger partial charge in [-0.25, -0.2) is 4.98 Å². The van der Waals surface area contributed by atoms with Gasteiger partial charge in [-0.05, 0) is 43.3 Å². The maximum Gasteiger partial charge on any atom is 0.238 e. The molecule has 1 unspecified atom stereocenters. The van der Waals surface area contributed by atoms with Crippen LogP contribution in [-0.4, -0.2) is 24.0 Å². The van der Waals surface area contributed by atoms with Crippen molar-refractivity contribution in [2.75, 3.05) is 18.4 Å². The molecule has 0 radical (unpaired) electrons. The molecule has 2 N–H and O–H groups in total. The second kappa shape index (κ2) is 7.17. The van der Waals surface area contributed by atoms with E-state index in [0.717, 1.165) is 25.2 Å². The Labute approximate surface area is 144 Å². The molecule has 2 aromatic rings. The number of aromatic nitrogens is 1. The van der Waals surface area contributed by atoms with Crippen molar-refractivity contribution in [3.8, 4) is 11.6 Å². The van der Waals surface area contributed by atoms with Crippen LogP contribution in [0.3, 0.4) is 0 Å². The highest BCUT2D eigenvalue weighted by atomic mass is 35.5. The zero-order chi connectivity index (χ0) is 16.2. The molecule has 1 aliphatic rings. The van der Waals surface area contributed by atoms with Gasteiger partial charge < -0.3 is 15.4 Å². The van der Waals surface area contributed by atoms with Gasteiger partial charge in [-0.1, -0.05) is 23.2 Å². The Hall–Kier alpha value is -1.82. The van der Waals surface area contributed by atoms with E-state index in [9.17, 15) is 4.79 Å². The van der Waals surface area contributed by atoms with Crippen LogP contribution in [-0.2, 0) is 4.79 Å². The van der Waals surface area contributed by atoms with E-state index in [1.165, 1.54) is 6.20 Å². The first-order valence-corrected chi connectivity index (χ1v) is 7.98. The molecule has 1 aliphatic heterocycles. The minimum absolute atomic E-state index is 0.0306. The zero-order valence-electron chi connectivity index (χ0n) is 12.2. The fourth-order valence-corrected chi connectivity index (χ4v) is 2.74. The predicted octanol–water partition coefficient (Wildman–Crippen LogP) is 3.73. The average Bonchev–Trinajstić information content (AvgIpc) is 3.06. The molecule has 23 heavy (non-hydrogen) atoms. The number of benzene rings is 1. The van der Waals surface area contributed by atoms with Gasteiger partial charge in [0.15, 0.2) is 0 Å². The number of halogens is 2. The summed E-state index contributed by atoms with van der Waals surface area (Å²) in [5, 5.41) is 6.86. The molecule has 1 fully saturated rings. The van der Waals surface area contributed by atoms with E-state index in [1.54, 1.807) is 30.3 Å². The van der Waals surface area contributed by atoms with Crippen LogP contribution in [0.2, 0.25) is 10.0 Å². The number of anilines is 1. The van der Waals surface area contributed by atoms with Crippen LogP contribution in [0.4, 0.5) is 5.69 Å². The van der Waals surface area contributed by atoms with E-state index in [1.807, 2.05) is 0 Å². The van der Waals surface area contributed by atoms with Crippen LogP contribution in [0.25, 0.3) is 0 Å². The first kappa shape index (κ1) is 16.1. The smallest absolute Gasteiger partial charge is 0.238 e. The molecule has 7 heteroatoms. The second-order valence-corrected chi connectivity index (χ2v) is 6.09. The van der Waals surface area contributed by atoms with Crippen LogP contribution in [0.1, 0.15) is 6.42 Å². The minimum atomic E-state index is 0.0306. The van der Waals surface area contributed by atoms with Crippen molar-refractivity contribution >= 4 is 34.8 Å². The monoisotopic (exact) mass is 351 g/mol. The molecule has 1 saturated heterocycles. The molecule has 1 amide bonds. The zero-order valence-corrected chi connectivity index (χ0v) is 13.7. The number of pyridine rings is 1. The van der Waals surface area contributed by atoms with Gasteiger partial charge >= 0.3 is 0 Å². The van der Waals surface area contributed by atoms with Crippen LogP contribution in [0, 0.1) is 5.92 Å². The maximum absolute atomic E-state index is 12.0. The quantitative estimate of drug-likeness (QED) is 0.880. The Morgan fingerprint density at radius 1 is 1.30 bits per heavy atom. The van der Waals surface area contributed by atoms with Gasteiger partial charge in [-0.3, -0.25) is 4.79 Å². The van der Waals surface area contributed by atoms with Crippen LogP contribution >= 0.6 is 23.2 Å². The number of hydrogen-bond acceptors (Lipinski definition) is 4. The molecule has 2 heterocycles. The van der Waals surface area contributed by atoms with Crippen molar-refractivity contribution < 1.29 is 9.53 Å². The molecule has 1 aromatic heterocycles. The fraction of sp³-hybridized carbons (Fsp3) is 0.250. The van der Waals surface area contributed by atoms with E-state index in [2.05, 4.69) is 15.6 Å². The van der Waals surface area contributed by atoms with E-state index in [4.69, 9.17) is 27.9 Å². The summed E-state index contributed by atoms with van der Waals surface area (Å²) in [6.45, 7) is 1.62. The molecule has 0 bridgehead atoms. The summed E-state index contributed by atoms with van der Waals surface area (Å²) in [5.41, 5.74) is 0.726. The number of carbonyl (C=O) groups excluding carboxylic acids is 1. The van der Waals surface area contributed by atoms with Crippen LogP contribution in [0.5, 0.6) is 11.6 Å². The molecule has 5 nitrogen and oxygen atoms in total. The first-order chi connectivity index (χ1) is 11.1. The van der Waals surface area contributed by atoms with Gasteiger partial charge in [0.05, 0.1) is 10.9 Å². The highest BCUT2D eigenvalue weighted by molar-refractivity contribution is 6.35. The summed E-state index contributed by atoms with van der Waals surface area (Å²) in [7, 11) is 0. The van der Waals surface area contributed by atoms with Crippen molar-refractivity contribution in [3.63, 3.8) is 0 Å². The van der Waals surface area contributed by atoms with Gasteiger partial charge in [0, 0.05) is 18.4 Å². The van der Waals surface area contributed by atoms with E-state index < -0.39 is 0 Å². The molecular weight excluding hydrogens is 337 g/mol. The highest BCUT2D eigenvalue weighted by Crippen LogP contribution is 2.29. The minimum Gasteiger partial charge on any atom is -0.438 e. The Kier molecular flexibility index (Phi) is 5.00. The molecule has 1 aromatic carbocycles. The lowest BCUT2D eigenvalue weighted by Crippen LogP contribution is -2.24. The lowest BCUT2D eigenvalue weighted by atomic mass is 10.1. The van der Waals surface area contributed by atoms with Crippen molar-refractivity contribution in [1.82, 2.24) is 10.3 Å². The Morgan fingerprint density at radius 2 is 2.09 bits per heavy atom. The highest BCUT2D eigenvalue weighted by Gasteiger charge is 2.22. The maximum atomic E-state index is 12.0. The number of nitrogens with one attached hydrogen (secondary N) is 2. The Balaban J connectivity index is 1.63. The average molecular weight is 352 g/mol. The number of amides is 1. The fourth-order valence-electron chi connectivity index (χ4n) is 2.32. The predicted molar refractivity (Wildman–Crippen MR) is 90.4 cm³/mol. The topological polar surface area (TPSA) is 63.2 Å². The summed E-state index contributed by atoms with van der Waals surface area (Å²) in [6, 6.07) is 8.61. The number of ether oxygens (including phenoxy) is 1. The summed E-state index contributed by atoms with van der Waals surface area (Å²) in [4.78, 5) is 16.1. The Morgan fingerprint density at radius 3 is 2.74 bits per heavy atom. The number of carbonyl (C=O) groups is 1. The first-order valence-electron chi connectivity index (χ1n) is 7.22. The second-order valence-electron chi connectivity index (χ2n) is 5.25. The third-order valence-electron chi connectivity index (χ3n) is 3.54. The number of nitrogens with zero attached hydrogens (tertiary/aromatic N) is 1. The normalized spacial score (nSPS) is 17.0. The molecule has 120 valence electrons. The van der Waals surface area contributed by atoms with Crippen molar-refractivity contribution in [2.45, 2.75) is 6.42 Å². The molecule has 0 saturated carbocycles. The van der Waals surface area contributed by atoms with Gasteiger partial charge in [-0.2, -0.15) is 0 Å². The van der Waals surface area contributed by atoms with E-state index in [0.29, 0.717) is 15.8 Å². The summed E-state index contributed by atoms with van der Waals surface area (Å²) < 4.78 is 5.60. The van der Waals surface area contributed by atoms with Gasteiger partial charge in [-0.15, -0.1) is 0 Å². The van der Waals surface area contributed by atoms with Gasteiger partial charge in [0.2, 0.25) is 11.8 Å². The Bertz CT molecular complexity index is 701. The van der Waals surface area contributed by atoms with Gasteiger partial charge in [0.25, 0.3) is 0 Å². The largest absolute Gasteiger partial charge is 0.438 e. The van der Waals surface area contributed by atoms with Crippen LogP contribution in [0.15, 0.2) is 36.5 Å². The summed E-state index contributed by atoms with van der Waals surface area (Å²) >= 11 is 11.8. The summed E-state index contributed by atoms with van der Waals surface area (Å²) in [5.74, 6) is 0.918. The SMILES string of the molecule is O=C(Nc1ccc(Oc2ncc(Cl)cc2Cl)cc1)C1CCNC1. The van der Waals surface area contributed by atoms with Crippen molar-refractivity contribution in [1.29, 1.82) is 0 Å². The van der Waals surface area contributed by atoms with Crippen molar-refractivity contribution in [3.05, 3.63) is 46.6 Å². The third kappa shape index (κ3) is 4.13.